The molecule has 0 amide bonds. The molecule has 21 heavy (non-hydrogen) atoms. The summed E-state index contributed by atoms with van der Waals surface area (Å²) in [5.41, 5.74) is 1.19. The lowest BCUT2D eigenvalue weighted by molar-refractivity contribution is 0.00683. The molecule has 0 heterocycles. The minimum Gasteiger partial charge on any atom is -0.488 e. The molecule has 0 aromatic heterocycles. The normalized spacial score (nSPS) is 22.5. The van der Waals surface area contributed by atoms with E-state index in [1.165, 1.54) is 5.56 Å². The maximum Gasteiger partial charge on any atom is 0.124 e. The molecule has 2 unspecified atom stereocenters. The van der Waals surface area contributed by atoms with Gasteiger partial charge in [0.1, 0.15) is 11.9 Å². The van der Waals surface area contributed by atoms with Gasteiger partial charge in [-0.3, -0.25) is 0 Å². The topological polar surface area (TPSA) is 41.5 Å². The predicted octanol–water partition coefficient (Wildman–Crippen LogP) is 3.88. The van der Waals surface area contributed by atoms with Crippen molar-refractivity contribution in [2.24, 2.45) is 5.92 Å². The van der Waals surface area contributed by atoms with Gasteiger partial charge < -0.3 is 15.2 Å². The van der Waals surface area contributed by atoms with Crippen molar-refractivity contribution in [3.63, 3.8) is 0 Å². The first-order valence-electron chi connectivity index (χ1n) is 7.90. The van der Waals surface area contributed by atoms with Gasteiger partial charge in [-0.05, 0) is 55.5 Å². The maximum absolute atomic E-state index is 10.0. The number of aliphatic hydroxyl groups excluding tert-OH is 1. The molecule has 3 nitrogen and oxygen atoms in total. The molecule has 2 atom stereocenters. The Kier molecular flexibility index (Phi) is 6.52. The Morgan fingerprint density at radius 3 is 2.81 bits per heavy atom. The van der Waals surface area contributed by atoms with E-state index in [0.717, 1.165) is 49.0 Å². The Morgan fingerprint density at radius 1 is 1.33 bits per heavy atom. The van der Waals surface area contributed by atoms with Crippen molar-refractivity contribution in [2.75, 3.05) is 6.54 Å². The Labute approximate surface area is 136 Å². The lowest BCUT2D eigenvalue weighted by Gasteiger charge is -2.28. The molecule has 1 aromatic carbocycles. The van der Waals surface area contributed by atoms with E-state index in [-0.39, 0.29) is 12.2 Å². The lowest BCUT2D eigenvalue weighted by atomic mass is 9.95. The van der Waals surface area contributed by atoms with Gasteiger partial charge in [0.2, 0.25) is 0 Å². The molecule has 2 rings (SSSR count). The summed E-state index contributed by atoms with van der Waals surface area (Å²) in [6.45, 7) is 6.22. The fourth-order valence-electron chi connectivity index (χ4n) is 2.64. The molecule has 1 saturated carbocycles. The van der Waals surface area contributed by atoms with Crippen LogP contribution in [0.15, 0.2) is 22.7 Å². The van der Waals surface area contributed by atoms with E-state index >= 15 is 0 Å². The van der Waals surface area contributed by atoms with E-state index in [1.807, 2.05) is 12.1 Å². The van der Waals surface area contributed by atoms with Crippen LogP contribution < -0.4 is 10.1 Å². The fourth-order valence-corrected chi connectivity index (χ4v) is 3.03. The SMILES string of the molecule is CC(C)CNCc1cc(OC2CCCCC2O)ccc1Br. The van der Waals surface area contributed by atoms with Crippen LogP contribution in [0.25, 0.3) is 0 Å². The Balaban J connectivity index is 1.97. The standard InChI is InChI=1S/C17H26BrNO2/c1-12(2)10-19-11-13-9-14(7-8-15(13)18)21-17-6-4-3-5-16(17)20/h7-9,12,16-17,19-20H,3-6,10-11H2,1-2H3. The molecule has 1 aliphatic carbocycles. The second-order valence-corrected chi connectivity index (χ2v) is 7.14. The number of benzene rings is 1. The van der Waals surface area contributed by atoms with Crippen LogP contribution >= 0.6 is 15.9 Å². The van der Waals surface area contributed by atoms with Gasteiger partial charge in [0.15, 0.2) is 0 Å². The average Bonchev–Trinajstić information content (AvgIpc) is 2.44. The van der Waals surface area contributed by atoms with Gasteiger partial charge in [0, 0.05) is 11.0 Å². The third kappa shape index (κ3) is 5.28. The number of hydrogen-bond donors (Lipinski definition) is 2. The summed E-state index contributed by atoms with van der Waals surface area (Å²) in [6.07, 6.45) is 3.65. The van der Waals surface area contributed by atoms with Crippen molar-refractivity contribution in [1.82, 2.24) is 5.32 Å². The van der Waals surface area contributed by atoms with Gasteiger partial charge in [0.25, 0.3) is 0 Å². The molecule has 0 saturated heterocycles. The first-order chi connectivity index (χ1) is 10.1. The van der Waals surface area contributed by atoms with E-state index in [9.17, 15) is 5.11 Å². The number of hydrogen-bond acceptors (Lipinski definition) is 3. The summed E-state index contributed by atoms with van der Waals surface area (Å²) in [7, 11) is 0. The third-order valence-corrected chi connectivity index (χ3v) is 4.61. The van der Waals surface area contributed by atoms with Gasteiger partial charge in [-0.15, -0.1) is 0 Å². The van der Waals surface area contributed by atoms with Crippen molar-refractivity contribution in [1.29, 1.82) is 0 Å². The Bertz CT molecular complexity index is 450. The summed E-state index contributed by atoms with van der Waals surface area (Å²) in [6, 6.07) is 6.06. The first-order valence-corrected chi connectivity index (χ1v) is 8.69. The molecular weight excluding hydrogens is 330 g/mol. The molecular formula is C17H26BrNO2. The molecule has 118 valence electrons. The van der Waals surface area contributed by atoms with Crippen molar-refractivity contribution in [2.45, 2.75) is 58.3 Å². The van der Waals surface area contributed by atoms with Crippen molar-refractivity contribution >= 4 is 15.9 Å². The van der Waals surface area contributed by atoms with Crippen LogP contribution in [-0.2, 0) is 6.54 Å². The molecule has 1 fully saturated rings. The number of halogens is 1. The Hall–Kier alpha value is -0.580. The highest BCUT2D eigenvalue weighted by Crippen LogP contribution is 2.27. The highest BCUT2D eigenvalue weighted by Gasteiger charge is 2.24. The van der Waals surface area contributed by atoms with Gasteiger partial charge in [-0.25, -0.2) is 0 Å². The van der Waals surface area contributed by atoms with Crippen molar-refractivity contribution in [3.8, 4) is 5.75 Å². The summed E-state index contributed by atoms with van der Waals surface area (Å²) in [5, 5.41) is 13.5. The number of rotatable bonds is 6. The Morgan fingerprint density at radius 2 is 2.10 bits per heavy atom. The number of aliphatic hydroxyl groups is 1. The van der Waals surface area contributed by atoms with Gasteiger partial charge in [0.05, 0.1) is 6.10 Å². The van der Waals surface area contributed by atoms with Crippen LogP contribution in [0.4, 0.5) is 0 Å². The molecule has 4 heteroatoms. The molecule has 1 aromatic rings. The summed E-state index contributed by atoms with van der Waals surface area (Å²) >= 11 is 3.59. The van der Waals surface area contributed by atoms with E-state index in [2.05, 4.69) is 41.2 Å². The monoisotopic (exact) mass is 355 g/mol. The van der Waals surface area contributed by atoms with E-state index in [1.54, 1.807) is 0 Å². The van der Waals surface area contributed by atoms with Crippen LogP contribution in [0.1, 0.15) is 45.1 Å². The van der Waals surface area contributed by atoms with Crippen LogP contribution in [0.2, 0.25) is 0 Å². The van der Waals surface area contributed by atoms with Gasteiger partial charge in [-0.2, -0.15) is 0 Å². The molecule has 1 aliphatic rings. The van der Waals surface area contributed by atoms with Crippen molar-refractivity contribution in [3.05, 3.63) is 28.2 Å². The summed E-state index contributed by atoms with van der Waals surface area (Å²) < 4.78 is 7.08. The van der Waals surface area contributed by atoms with Crippen molar-refractivity contribution < 1.29 is 9.84 Å². The number of nitrogens with one attached hydrogen (secondary N) is 1. The van der Waals surface area contributed by atoms with Crippen LogP contribution in [0.3, 0.4) is 0 Å². The quantitative estimate of drug-likeness (QED) is 0.813. The van der Waals surface area contributed by atoms with E-state index in [4.69, 9.17) is 4.74 Å². The zero-order chi connectivity index (χ0) is 15.2. The maximum atomic E-state index is 10.0. The lowest BCUT2D eigenvalue weighted by Crippen LogP contribution is -2.34. The third-order valence-electron chi connectivity index (χ3n) is 3.84. The van der Waals surface area contributed by atoms with Crippen LogP contribution in [-0.4, -0.2) is 23.9 Å². The van der Waals surface area contributed by atoms with Gasteiger partial charge in [-0.1, -0.05) is 36.2 Å². The molecule has 0 aliphatic heterocycles. The minimum atomic E-state index is -0.329. The zero-order valence-electron chi connectivity index (χ0n) is 12.9. The van der Waals surface area contributed by atoms with Crippen LogP contribution in [0.5, 0.6) is 5.75 Å². The summed E-state index contributed by atoms with van der Waals surface area (Å²) in [4.78, 5) is 0. The molecule has 0 bridgehead atoms. The fraction of sp³-hybridized carbons (Fsp3) is 0.647. The predicted molar refractivity (Wildman–Crippen MR) is 89.6 cm³/mol. The average molecular weight is 356 g/mol. The van der Waals surface area contributed by atoms with Gasteiger partial charge >= 0.3 is 0 Å². The second-order valence-electron chi connectivity index (χ2n) is 6.29. The van der Waals surface area contributed by atoms with Crippen LogP contribution in [0, 0.1) is 5.92 Å². The largest absolute Gasteiger partial charge is 0.488 e. The highest BCUT2D eigenvalue weighted by atomic mass is 79.9. The minimum absolute atomic E-state index is 0.0589. The first kappa shape index (κ1) is 16.8. The molecule has 2 N–H and O–H groups in total. The number of ether oxygens (including phenoxy) is 1. The molecule has 0 radical (unpaired) electrons. The smallest absolute Gasteiger partial charge is 0.124 e. The van der Waals surface area contributed by atoms with E-state index < -0.39 is 0 Å². The second kappa shape index (κ2) is 8.16. The van der Waals surface area contributed by atoms with E-state index in [0.29, 0.717) is 5.92 Å². The highest BCUT2D eigenvalue weighted by molar-refractivity contribution is 9.10. The zero-order valence-corrected chi connectivity index (χ0v) is 14.5. The summed E-state index contributed by atoms with van der Waals surface area (Å²) in [5.74, 6) is 1.49. The molecule has 0 spiro atoms.